The summed E-state index contributed by atoms with van der Waals surface area (Å²) >= 11 is 5.97. The molecule has 0 bridgehead atoms. The van der Waals surface area contributed by atoms with Gasteiger partial charge in [0.05, 0.1) is 0 Å². The van der Waals surface area contributed by atoms with E-state index in [2.05, 4.69) is 11.9 Å². The highest BCUT2D eigenvalue weighted by molar-refractivity contribution is 6.31. The summed E-state index contributed by atoms with van der Waals surface area (Å²) in [5.74, 6) is 0. The van der Waals surface area contributed by atoms with Crippen molar-refractivity contribution in [3.05, 3.63) is 40.9 Å². The molecule has 70 valence electrons. The van der Waals surface area contributed by atoms with Crippen LogP contribution in [0, 0.1) is 6.92 Å². The molecular weight excluding hydrogens is 182 g/mol. The van der Waals surface area contributed by atoms with Crippen LogP contribution in [0.25, 0.3) is 0 Å². The first-order chi connectivity index (χ1) is 6.09. The van der Waals surface area contributed by atoms with Crippen molar-refractivity contribution in [1.29, 1.82) is 0 Å². The van der Waals surface area contributed by atoms with E-state index in [-0.39, 0.29) is 0 Å². The van der Waals surface area contributed by atoms with Crippen LogP contribution in [0.15, 0.2) is 30.4 Å². The highest BCUT2D eigenvalue weighted by Gasteiger charge is 1.96. The SMILES string of the molecule is C=C(C)CNc1ccc(C)c(Cl)c1. The van der Waals surface area contributed by atoms with Crippen LogP contribution in [-0.2, 0) is 0 Å². The largest absolute Gasteiger partial charge is 0.381 e. The third-order valence-electron chi connectivity index (χ3n) is 1.77. The van der Waals surface area contributed by atoms with Gasteiger partial charge in [-0.15, -0.1) is 0 Å². The van der Waals surface area contributed by atoms with Gasteiger partial charge in [0.15, 0.2) is 0 Å². The van der Waals surface area contributed by atoms with Crippen LogP contribution < -0.4 is 5.32 Å². The Labute approximate surface area is 84.4 Å². The normalized spacial score (nSPS) is 9.77. The van der Waals surface area contributed by atoms with Crippen molar-refractivity contribution in [2.75, 3.05) is 11.9 Å². The molecule has 0 saturated heterocycles. The third kappa shape index (κ3) is 3.11. The molecule has 0 aliphatic heterocycles. The lowest BCUT2D eigenvalue weighted by Gasteiger charge is -2.07. The molecule has 2 heteroatoms. The van der Waals surface area contributed by atoms with E-state index in [1.54, 1.807) is 0 Å². The van der Waals surface area contributed by atoms with Crippen LogP contribution in [0.2, 0.25) is 5.02 Å². The lowest BCUT2D eigenvalue weighted by molar-refractivity contribution is 1.21. The van der Waals surface area contributed by atoms with Crippen molar-refractivity contribution in [1.82, 2.24) is 0 Å². The Morgan fingerprint density at radius 2 is 2.23 bits per heavy atom. The van der Waals surface area contributed by atoms with Crippen molar-refractivity contribution < 1.29 is 0 Å². The molecule has 0 unspecified atom stereocenters. The van der Waals surface area contributed by atoms with Crippen molar-refractivity contribution >= 4 is 17.3 Å². The minimum absolute atomic E-state index is 0.791. The number of halogens is 1. The van der Waals surface area contributed by atoms with Crippen molar-refractivity contribution in [3.8, 4) is 0 Å². The number of hydrogen-bond donors (Lipinski definition) is 1. The molecule has 0 atom stereocenters. The zero-order valence-corrected chi connectivity index (χ0v) is 8.78. The van der Waals surface area contributed by atoms with Crippen LogP contribution >= 0.6 is 11.6 Å². The number of nitrogens with one attached hydrogen (secondary N) is 1. The van der Waals surface area contributed by atoms with Gasteiger partial charge in [-0.05, 0) is 31.5 Å². The number of hydrogen-bond acceptors (Lipinski definition) is 1. The summed E-state index contributed by atoms with van der Waals surface area (Å²) in [6.07, 6.45) is 0. The van der Waals surface area contributed by atoms with Gasteiger partial charge in [0.25, 0.3) is 0 Å². The fourth-order valence-corrected chi connectivity index (χ4v) is 1.14. The summed E-state index contributed by atoms with van der Waals surface area (Å²) in [7, 11) is 0. The van der Waals surface area contributed by atoms with Crippen LogP contribution in [-0.4, -0.2) is 6.54 Å². The van der Waals surface area contributed by atoms with E-state index in [4.69, 9.17) is 11.6 Å². The van der Waals surface area contributed by atoms with Gasteiger partial charge in [0.2, 0.25) is 0 Å². The van der Waals surface area contributed by atoms with E-state index < -0.39 is 0 Å². The number of anilines is 1. The molecule has 0 aromatic heterocycles. The fourth-order valence-electron chi connectivity index (χ4n) is 0.956. The van der Waals surface area contributed by atoms with Gasteiger partial charge < -0.3 is 5.32 Å². The summed E-state index contributed by atoms with van der Waals surface area (Å²) in [5, 5.41) is 4.03. The second kappa shape index (κ2) is 4.33. The van der Waals surface area contributed by atoms with E-state index in [1.165, 1.54) is 0 Å². The summed E-state index contributed by atoms with van der Waals surface area (Å²) in [4.78, 5) is 0. The van der Waals surface area contributed by atoms with Crippen molar-refractivity contribution in [2.24, 2.45) is 0 Å². The second-order valence-electron chi connectivity index (χ2n) is 3.27. The van der Waals surface area contributed by atoms with Crippen molar-refractivity contribution in [2.45, 2.75) is 13.8 Å². The molecule has 1 nitrogen and oxygen atoms in total. The molecule has 0 amide bonds. The van der Waals surface area contributed by atoms with Gasteiger partial charge in [-0.25, -0.2) is 0 Å². The Balaban J connectivity index is 2.68. The third-order valence-corrected chi connectivity index (χ3v) is 2.17. The summed E-state index contributed by atoms with van der Waals surface area (Å²) in [5.41, 5.74) is 3.25. The Bertz CT molecular complexity index is 318. The Kier molecular flexibility index (Phi) is 3.38. The Hall–Kier alpha value is -0.950. The number of aryl methyl sites for hydroxylation is 1. The highest BCUT2D eigenvalue weighted by Crippen LogP contribution is 2.19. The van der Waals surface area contributed by atoms with E-state index >= 15 is 0 Å². The maximum atomic E-state index is 5.97. The standard InChI is InChI=1S/C11H14ClN/c1-8(2)7-13-10-5-4-9(3)11(12)6-10/h4-6,13H,1,7H2,2-3H3. The van der Waals surface area contributed by atoms with Gasteiger partial charge in [-0.3, -0.25) is 0 Å². The van der Waals surface area contributed by atoms with Crippen LogP contribution in [0.1, 0.15) is 12.5 Å². The molecule has 1 aromatic rings. The molecule has 0 radical (unpaired) electrons. The molecule has 0 aliphatic carbocycles. The maximum Gasteiger partial charge on any atom is 0.0455 e. The lowest BCUT2D eigenvalue weighted by atomic mass is 10.2. The van der Waals surface area contributed by atoms with Crippen LogP contribution in [0.5, 0.6) is 0 Å². The van der Waals surface area contributed by atoms with E-state index in [9.17, 15) is 0 Å². The minimum atomic E-state index is 0.791. The molecule has 0 fully saturated rings. The minimum Gasteiger partial charge on any atom is -0.381 e. The maximum absolute atomic E-state index is 5.97. The van der Waals surface area contributed by atoms with Crippen LogP contribution in [0.3, 0.4) is 0 Å². The quantitative estimate of drug-likeness (QED) is 0.727. The van der Waals surface area contributed by atoms with Gasteiger partial charge in [-0.2, -0.15) is 0 Å². The summed E-state index contributed by atoms with van der Waals surface area (Å²) in [6.45, 7) is 8.59. The zero-order chi connectivity index (χ0) is 9.84. The second-order valence-corrected chi connectivity index (χ2v) is 3.68. The predicted molar refractivity (Wildman–Crippen MR) is 59.5 cm³/mol. The summed E-state index contributed by atoms with van der Waals surface area (Å²) < 4.78 is 0. The monoisotopic (exact) mass is 195 g/mol. The molecule has 0 saturated carbocycles. The Morgan fingerprint density at radius 3 is 2.77 bits per heavy atom. The van der Waals surface area contributed by atoms with Gasteiger partial charge in [0.1, 0.15) is 0 Å². The van der Waals surface area contributed by atoms with Crippen molar-refractivity contribution in [3.63, 3.8) is 0 Å². The average molecular weight is 196 g/mol. The molecule has 13 heavy (non-hydrogen) atoms. The summed E-state index contributed by atoms with van der Waals surface area (Å²) in [6, 6.07) is 5.95. The van der Waals surface area contributed by atoms with E-state index in [0.29, 0.717) is 0 Å². The fraction of sp³-hybridized carbons (Fsp3) is 0.273. The molecule has 1 rings (SSSR count). The predicted octanol–water partition coefficient (Wildman–Crippen LogP) is 3.64. The highest BCUT2D eigenvalue weighted by atomic mass is 35.5. The first kappa shape index (κ1) is 10.1. The molecule has 0 aliphatic rings. The van der Waals surface area contributed by atoms with Gasteiger partial charge >= 0.3 is 0 Å². The van der Waals surface area contributed by atoms with Gasteiger partial charge in [0, 0.05) is 17.3 Å². The molecule has 1 N–H and O–H groups in total. The average Bonchev–Trinajstić information content (AvgIpc) is 2.07. The molecule has 0 heterocycles. The topological polar surface area (TPSA) is 12.0 Å². The first-order valence-corrected chi connectivity index (χ1v) is 4.62. The molecule has 0 spiro atoms. The van der Waals surface area contributed by atoms with E-state index in [1.807, 2.05) is 32.0 Å². The molecular formula is C11H14ClN. The smallest absolute Gasteiger partial charge is 0.0455 e. The Morgan fingerprint density at radius 1 is 1.54 bits per heavy atom. The number of benzene rings is 1. The first-order valence-electron chi connectivity index (χ1n) is 4.24. The molecule has 1 aromatic carbocycles. The number of rotatable bonds is 3. The lowest BCUT2D eigenvalue weighted by Crippen LogP contribution is -2.01. The van der Waals surface area contributed by atoms with Crippen LogP contribution in [0.4, 0.5) is 5.69 Å². The van der Waals surface area contributed by atoms with Gasteiger partial charge in [-0.1, -0.05) is 29.8 Å². The zero-order valence-electron chi connectivity index (χ0n) is 8.02. The van der Waals surface area contributed by atoms with E-state index in [0.717, 1.165) is 28.4 Å².